The quantitative estimate of drug-likeness (QED) is 0.742. The van der Waals surface area contributed by atoms with Gasteiger partial charge in [-0.3, -0.25) is 4.68 Å². The van der Waals surface area contributed by atoms with E-state index in [0.29, 0.717) is 6.54 Å². The number of benzene rings is 1. The van der Waals surface area contributed by atoms with Crippen molar-refractivity contribution in [3.63, 3.8) is 0 Å². The number of imidazole rings is 1. The average Bonchev–Trinajstić information content (AvgIpc) is 3.22. The van der Waals surface area contributed by atoms with Crippen molar-refractivity contribution < 1.29 is 0 Å². The van der Waals surface area contributed by atoms with Crippen molar-refractivity contribution in [1.29, 1.82) is 0 Å². The zero-order valence-corrected chi connectivity index (χ0v) is 14.7. The van der Waals surface area contributed by atoms with Crippen LogP contribution in [0.5, 0.6) is 0 Å². The first-order valence-corrected chi connectivity index (χ1v) is 8.32. The number of hydrogen-bond acceptors (Lipinski definition) is 3. The fourth-order valence-electron chi connectivity index (χ4n) is 2.54. The van der Waals surface area contributed by atoms with Crippen LogP contribution in [0.2, 0.25) is 0 Å². The molecule has 2 aromatic heterocycles. The largest absolute Gasteiger partial charge is 0.361 e. The normalized spacial score (nSPS) is 13.0. The minimum atomic E-state index is 0.0813. The highest BCUT2D eigenvalue weighted by Crippen LogP contribution is 2.20. The van der Waals surface area contributed by atoms with Crippen molar-refractivity contribution in [1.82, 2.24) is 19.7 Å². The molecule has 0 saturated heterocycles. The Hall–Kier alpha value is -2.56. The molecule has 0 bridgehead atoms. The molecule has 5 nitrogen and oxygen atoms in total. The smallest absolute Gasteiger partial charge is 0.148 e. The second kappa shape index (κ2) is 6.51. The topological polar surface area (TPSA) is 58.5 Å². The molecule has 24 heavy (non-hydrogen) atoms. The highest BCUT2D eigenvalue weighted by molar-refractivity contribution is 5.33. The maximum atomic E-state index is 4.62. The molecule has 0 aliphatic heterocycles. The van der Waals surface area contributed by atoms with Gasteiger partial charge in [-0.05, 0) is 12.5 Å². The number of nitrogens with zero attached hydrogens (tertiary/aromatic N) is 3. The first-order chi connectivity index (χ1) is 11.4. The van der Waals surface area contributed by atoms with E-state index >= 15 is 0 Å². The van der Waals surface area contributed by atoms with Gasteiger partial charge in [-0.25, -0.2) is 4.98 Å². The Labute approximate surface area is 143 Å². The van der Waals surface area contributed by atoms with Gasteiger partial charge in [0.2, 0.25) is 0 Å². The van der Waals surface area contributed by atoms with Crippen molar-refractivity contribution in [2.75, 3.05) is 5.32 Å². The van der Waals surface area contributed by atoms with Crippen LogP contribution < -0.4 is 5.32 Å². The van der Waals surface area contributed by atoms with Crippen LogP contribution >= 0.6 is 0 Å². The summed E-state index contributed by atoms with van der Waals surface area (Å²) in [6.07, 6.45) is 3.91. The maximum absolute atomic E-state index is 4.62. The predicted octanol–water partition coefficient (Wildman–Crippen LogP) is 4.13. The minimum Gasteiger partial charge on any atom is -0.361 e. The van der Waals surface area contributed by atoms with E-state index in [1.165, 1.54) is 5.56 Å². The van der Waals surface area contributed by atoms with Crippen molar-refractivity contribution in [3.8, 4) is 0 Å². The lowest BCUT2D eigenvalue weighted by Gasteiger charge is -2.15. The molecule has 1 unspecified atom stereocenters. The number of H-pyrrole nitrogens is 1. The number of hydrogen-bond donors (Lipinski definition) is 2. The van der Waals surface area contributed by atoms with E-state index in [2.05, 4.69) is 72.3 Å². The number of nitrogens with one attached hydrogen (secondary N) is 2. The van der Waals surface area contributed by atoms with E-state index < -0.39 is 0 Å². The Morgan fingerprint density at radius 2 is 1.92 bits per heavy atom. The zero-order chi connectivity index (χ0) is 17.2. The summed E-state index contributed by atoms with van der Waals surface area (Å²) >= 11 is 0. The second-order valence-electron chi connectivity index (χ2n) is 7.11. The van der Waals surface area contributed by atoms with Crippen LogP contribution in [0.1, 0.15) is 50.8 Å². The van der Waals surface area contributed by atoms with Crippen molar-refractivity contribution >= 4 is 5.82 Å². The Bertz CT molecular complexity index is 779. The van der Waals surface area contributed by atoms with Gasteiger partial charge >= 0.3 is 0 Å². The Morgan fingerprint density at radius 1 is 1.17 bits per heavy atom. The first-order valence-electron chi connectivity index (χ1n) is 8.32. The monoisotopic (exact) mass is 323 g/mol. The fourth-order valence-corrected chi connectivity index (χ4v) is 2.54. The van der Waals surface area contributed by atoms with Gasteiger partial charge in [-0.1, -0.05) is 51.1 Å². The molecule has 0 saturated carbocycles. The van der Waals surface area contributed by atoms with Crippen molar-refractivity contribution in [2.24, 2.45) is 0 Å². The molecule has 0 amide bonds. The molecule has 0 fully saturated rings. The van der Waals surface area contributed by atoms with E-state index in [4.69, 9.17) is 0 Å². The zero-order valence-electron chi connectivity index (χ0n) is 14.7. The summed E-state index contributed by atoms with van der Waals surface area (Å²) in [5.41, 5.74) is 2.47. The van der Waals surface area contributed by atoms with Gasteiger partial charge < -0.3 is 10.3 Å². The van der Waals surface area contributed by atoms with Gasteiger partial charge in [-0.2, -0.15) is 5.10 Å². The van der Waals surface area contributed by atoms with Crippen LogP contribution in [0.3, 0.4) is 0 Å². The molecule has 1 aromatic carbocycles. The van der Waals surface area contributed by atoms with Gasteiger partial charge in [0.05, 0.1) is 12.6 Å². The molecule has 1 atom stereocenters. The SMILES string of the molecule is CC(c1ccccc1)n1ccc(NCc2ncc(C(C)(C)C)[nH]2)n1. The maximum Gasteiger partial charge on any atom is 0.148 e. The van der Waals surface area contributed by atoms with Crippen LogP contribution in [0, 0.1) is 0 Å². The summed E-state index contributed by atoms with van der Waals surface area (Å²) in [4.78, 5) is 7.81. The van der Waals surface area contributed by atoms with Gasteiger partial charge in [-0.15, -0.1) is 0 Å². The fraction of sp³-hybridized carbons (Fsp3) is 0.368. The molecule has 126 valence electrons. The molecule has 3 rings (SSSR count). The number of anilines is 1. The van der Waals surface area contributed by atoms with Crippen molar-refractivity contribution in [2.45, 2.75) is 45.7 Å². The Kier molecular flexibility index (Phi) is 4.42. The molecule has 0 aliphatic carbocycles. The molecule has 0 radical (unpaired) electrons. The van der Waals surface area contributed by atoms with Crippen LogP contribution in [0.25, 0.3) is 0 Å². The Morgan fingerprint density at radius 3 is 2.58 bits per heavy atom. The van der Waals surface area contributed by atoms with Crippen LogP contribution in [0.15, 0.2) is 48.8 Å². The molecule has 2 heterocycles. The van der Waals surface area contributed by atoms with Gasteiger partial charge in [0.15, 0.2) is 0 Å². The number of rotatable bonds is 5. The van der Waals surface area contributed by atoms with E-state index in [0.717, 1.165) is 17.3 Å². The third-order valence-corrected chi connectivity index (χ3v) is 4.16. The molecular formula is C19H25N5. The Balaban J connectivity index is 1.63. The lowest BCUT2D eigenvalue weighted by molar-refractivity contribution is 0.565. The average molecular weight is 323 g/mol. The van der Waals surface area contributed by atoms with Crippen LogP contribution in [0.4, 0.5) is 5.82 Å². The van der Waals surface area contributed by atoms with Crippen LogP contribution in [-0.4, -0.2) is 19.7 Å². The third kappa shape index (κ3) is 3.67. The van der Waals surface area contributed by atoms with E-state index in [1.807, 2.05) is 29.2 Å². The van der Waals surface area contributed by atoms with Crippen LogP contribution in [-0.2, 0) is 12.0 Å². The molecule has 0 aliphatic rings. The van der Waals surface area contributed by atoms with E-state index in [1.54, 1.807) is 0 Å². The predicted molar refractivity (Wildman–Crippen MR) is 97.1 cm³/mol. The summed E-state index contributed by atoms with van der Waals surface area (Å²) in [5, 5.41) is 7.95. The summed E-state index contributed by atoms with van der Waals surface area (Å²) in [7, 11) is 0. The van der Waals surface area contributed by atoms with Gasteiger partial charge in [0.1, 0.15) is 11.6 Å². The summed E-state index contributed by atoms with van der Waals surface area (Å²) < 4.78 is 1.97. The number of aromatic amines is 1. The summed E-state index contributed by atoms with van der Waals surface area (Å²) in [6, 6.07) is 12.6. The summed E-state index contributed by atoms with van der Waals surface area (Å²) in [6.45, 7) is 9.29. The van der Waals surface area contributed by atoms with Gasteiger partial charge in [0.25, 0.3) is 0 Å². The molecule has 5 heteroatoms. The lowest BCUT2D eigenvalue weighted by atomic mass is 9.93. The molecule has 3 aromatic rings. The third-order valence-electron chi connectivity index (χ3n) is 4.16. The standard InChI is InChI=1S/C19H25N5/c1-14(15-8-6-5-7-9-15)24-11-10-17(23-24)21-13-18-20-12-16(22-18)19(2,3)4/h5-12,14H,13H2,1-4H3,(H,20,22)(H,21,23). The number of aromatic nitrogens is 4. The van der Waals surface area contributed by atoms with E-state index in [-0.39, 0.29) is 11.5 Å². The first kappa shape index (κ1) is 16.3. The highest BCUT2D eigenvalue weighted by Gasteiger charge is 2.16. The minimum absolute atomic E-state index is 0.0813. The molecular weight excluding hydrogens is 298 g/mol. The summed E-state index contributed by atoms with van der Waals surface area (Å²) in [5.74, 6) is 1.78. The van der Waals surface area contributed by atoms with Crippen molar-refractivity contribution in [3.05, 3.63) is 65.9 Å². The second-order valence-corrected chi connectivity index (χ2v) is 7.11. The molecule has 0 spiro atoms. The highest BCUT2D eigenvalue weighted by atomic mass is 15.3. The molecule has 2 N–H and O–H groups in total. The van der Waals surface area contributed by atoms with Gasteiger partial charge in [0, 0.05) is 29.6 Å². The van der Waals surface area contributed by atoms with E-state index in [9.17, 15) is 0 Å². The lowest BCUT2D eigenvalue weighted by Crippen LogP contribution is -2.12.